The summed E-state index contributed by atoms with van der Waals surface area (Å²) >= 11 is 3.35. The third kappa shape index (κ3) is 7.01. The van der Waals surface area contributed by atoms with Gasteiger partial charge in [-0.15, -0.1) is 22.7 Å². The second-order valence-electron chi connectivity index (χ2n) is 21.1. The molecule has 14 rings (SSSR count). The predicted molar refractivity (Wildman–Crippen MR) is 310 cm³/mol. The van der Waals surface area contributed by atoms with Gasteiger partial charge in [0.25, 0.3) is 0 Å². The molecule has 0 bridgehead atoms. The number of anilines is 6. The summed E-state index contributed by atoms with van der Waals surface area (Å²) < 4.78 is 90.1. The van der Waals surface area contributed by atoms with Gasteiger partial charge in [-0.2, -0.15) is 26.3 Å². The van der Waals surface area contributed by atoms with E-state index in [0.29, 0.717) is 11.4 Å². The van der Waals surface area contributed by atoms with Crippen LogP contribution in [-0.2, 0) is 23.2 Å². The second-order valence-corrected chi connectivity index (χ2v) is 23.1. The van der Waals surface area contributed by atoms with Crippen LogP contribution in [-0.4, -0.2) is 0 Å². The van der Waals surface area contributed by atoms with E-state index in [1.54, 1.807) is 46.9 Å². The van der Waals surface area contributed by atoms with E-state index >= 15 is 0 Å². The minimum absolute atomic E-state index is 0.372. The van der Waals surface area contributed by atoms with Crippen molar-refractivity contribution in [2.24, 2.45) is 0 Å². The van der Waals surface area contributed by atoms with Crippen LogP contribution in [0.4, 0.5) is 60.5 Å². The van der Waals surface area contributed by atoms with Crippen LogP contribution in [0.15, 0.2) is 206 Å². The first-order valence-electron chi connectivity index (χ1n) is 25.8. The number of nitrogens with zero attached hydrogens (tertiary/aromatic N) is 2. The van der Waals surface area contributed by atoms with Gasteiger partial charge in [-0.1, -0.05) is 135 Å². The van der Waals surface area contributed by atoms with Crippen molar-refractivity contribution < 1.29 is 26.3 Å². The van der Waals surface area contributed by atoms with Crippen molar-refractivity contribution in [1.29, 1.82) is 0 Å². The van der Waals surface area contributed by atoms with Gasteiger partial charge in [-0.05, 0) is 154 Å². The number of halogens is 6. The molecule has 0 fully saturated rings. The van der Waals surface area contributed by atoms with Gasteiger partial charge in [0.05, 0.1) is 37.3 Å². The van der Waals surface area contributed by atoms with Crippen molar-refractivity contribution in [2.75, 3.05) is 9.80 Å². The quantitative estimate of drug-likeness (QED) is 0.153. The number of hydrogen-bond donors (Lipinski definition) is 0. The van der Waals surface area contributed by atoms with Crippen LogP contribution in [0.3, 0.4) is 0 Å². The molecule has 1 spiro atoms. The highest BCUT2D eigenvalue weighted by molar-refractivity contribution is 7.27. The molecule has 0 N–H and O–H groups in total. The molecule has 0 saturated heterocycles. The predicted octanol–water partition coefficient (Wildman–Crippen LogP) is 21.0. The lowest BCUT2D eigenvalue weighted by molar-refractivity contribution is -0.138. The third-order valence-corrected chi connectivity index (χ3v) is 19.2. The zero-order chi connectivity index (χ0) is 53.6. The maximum atomic E-state index is 14.3. The monoisotopic (exact) mass is 1070 g/mol. The highest BCUT2D eigenvalue weighted by atomic mass is 32.1. The fourth-order valence-electron chi connectivity index (χ4n) is 12.9. The molecular weight excluding hydrogens is 1020 g/mol. The van der Waals surface area contributed by atoms with Crippen LogP contribution < -0.4 is 9.80 Å². The van der Waals surface area contributed by atoms with E-state index in [0.717, 1.165) is 132 Å². The molecule has 78 heavy (non-hydrogen) atoms. The van der Waals surface area contributed by atoms with Crippen molar-refractivity contribution in [3.63, 3.8) is 0 Å². The average molecular weight is 1070 g/mol. The summed E-state index contributed by atoms with van der Waals surface area (Å²) in [4.78, 5) is 4.15. The molecule has 0 atom stereocenters. The maximum Gasteiger partial charge on any atom is 0.416 e. The fourth-order valence-corrected chi connectivity index (χ4v) is 15.4. The SMILES string of the molecule is Cc1cccc2c1sc1c(N(c3ccc(C(F)(F)F)cc3)c3ccc4c(c3)-c3cc(N(c5ccc(C(F)(F)F)cc5)c5cccc6c5sc5c(C)cccc56)ccc3C43c4ccccc4C(C)(C)c4ccccc43)cccc12. The molecule has 2 nitrogen and oxygen atoms in total. The Morgan fingerprint density at radius 1 is 0.346 bits per heavy atom. The van der Waals surface area contributed by atoms with Gasteiger partial charge < -0.3 is 9.80 Å². The van der Waals surface area contributed by atoms with Crippen molar-refractivity contribution in [3.05, 3.63) is 262 Å². The first kappa shape index (κ1) is 48.2. The van der Waals surface area contributed by atoms with Crippen LogP contribution in [0.5, 0.6) is 0 Å². The van der Waals surface area contributed by atoms with Gasteiger partial charge in [0.15, 0.2) is 0 Å². The first-order chi connectivity index (χ1) is 37.5. The molecule has 2 heterocycles. The minimum Gasteiger partial charge on any atom is -0.309 e. The number of fused-ring (bicyclic) bond motifs is 15. The van der Waals surface area contributed by atoms with E-state index in [-0.39, 0.29) is 5.41 Å². The first-order valence-corrected chi connectivity index (χ1v) is 27.4. The van der Waals surface area contributed by atoms with E-state index in [2.05, 4.69) is 171 Å². The van der Waals surface area contributed by atoms with Gasteiger partial charge in [-0.25, -0.2) is 0 Å². The van der Waals surface area contributed by atoms with Gasteiger partial charge in [-0.3, -0.25) is 0 Å². The van der Waals surface area contributed by atoms with Crippen LogP contribution in [0.25, 0.3) is 51.5 Å². The molecule has 0 aliphatic heterocycles. The maximum absolute atomic E-state index is 14.3. The number of alkyl halides is 6. The Hall–Kier alpha value is -8.18. The standard InChI is InChI=1S/C68H46F6N2S2/c1-39-13-9-15-47-49-17-11-23-59(63(49)77-61(39)47)75(43-29-25-41(26-30-43)67(69,70)71)45-33-35-53-51(37-45)52-38-46(34-36-54(52)66(53)57-21-7-5-19-55(57)65(3,4)56-20-6-8-22-58(56)66)76(44-31-27-42(28-32-44)68(72,73)74)60-24-12-18-50-48-16-10-14-40(2)62(48)78-64(50)60/h5-38H,1-4H3. The lowest BCUT2D eigenvalue weighted by Crippen LogP contribution is -2.40. The smallest absolute Gasteiger partial charge is 0.309 e. The average Bonchev–Trinajstić information content (AvgIpc) is 2.75. The molecule has 0 saturated carbocycles. The summed E-state index contributed by atoms with van der Waals surface area (Å²) in [5.74, 6) is 0. The summed E-state index contributed by atoms with van der Waals surface area (Å²) in [6, 6.07) is 66.0. The molecule has 382 valence electrons. The topological polar surface area (TPSA) is 6.48 Å². The summed E-state index contributed by atoms with van der Waals surface area (Å²) in [7, 11) is 0. The largest absolute Gasteiger partial charge is 0.416 e. The number of aryl methyl sites for hydroxylation is 2. The summed E-state index contributed by atoms with van der Waals surface area (Å²) in [5, 5.41) is 4.32. The highest BCUT2D eigenvalue weighted by Crippen LogP contribution is 2.64. The number of thiophene rings is 2. The van der Waals surface area contributed by atoms with Crippen LogP contribution in [0.1, 0.15) is 69.5 Å². The van der Waals surface area contributed by atoms with Crippen molar-refractivity contribution in [3.8, 4) is 11.1 Å². The Morgan fingerprint density at radius 3 is 1.08 bits per heavy atom. The summed E-state index contributed by atoms with van der Waals surface area (Å²) in [6.07, 6.45) is -9.07. The number of hydrogen-bond acceptors (Lipinski definition) is 4. The zero-order valence-electron chi connectivity index (χ0n) is 42.6. The van der Waals surface area contributed by atoms with E-state index in [9.17, 15) is 26.3 Å². The Bertz CT molecular complexity index is 4150. The third-order valence-electron chi connectivity index (χ3n) is 16.4. The summed E-state index contributed by atoms with van der Waals surface area (Å²) in [5.41, 5.74) is 12.4. The van der Waals surface area contributed by atoms with Gasteiger partial charge in [0.1, 0.15) is 0 Å². The molecule has 0 amide bonds. The molecule has 2 aliphatic carbocycles. The Balaban J connectivity index is 1.07. The van der Waals surface area contributed by atoms with E-state index in [4.69, 9.17) is 0 Å². The van der Waals surface area contributed by atoms with Gasteiger partial charge in [0.2, 0.25) is 0 Å². The van der Waals surface area contributed by atoms with Crippen molar-refractivity contribution >= 4 is 97.1 Å². The molecule has 2 aromatic heterocycles. The molecule has 0 radical (unpaired) electrons. The Kier molecular flexibility index (Phi) is 10.6. The lowest BCUT2D eigenvalue weighted by atomic mass is 9.55. The van der Waals surface area contributed by atoms with Gasteiger partial charge >= 0.3 is 12.4 Å². The molecule has 10 heteroatoms. The second kappa shape index (κ2) is 17.2. The lowest BCUT2D eigenvalue weighted by Gasteiger charge is -2.46. The molecule has 10 aromatic carbocycles. The van der Waals surface area contributed by atoms with Crippen LogP contribution in [0, 0.1) is 13.8 Å². The van der Waals surface area contributed by atoms with Crippen molar-refractivity contribution in [1.82, 2.24) is 0 Å². The number of rotatable bonds is 6. The van der Waals surface area contributed by atoms with Crippen LogP contribution in [0.2, 0.25) is 0 Å². The van der Waals surface area contributed by atoms with Gasteiger partial charge in [0, 0.05) is 59.1 Å². The van der Waals surface area contributed by atoms with E-state index in [1.807, 2.05) is 24.3 Å². The molecule has 2 aliphatic rings. The fraction of sp³-hybridized carbons (Fsp3) is 0.118. The zero-order valence-corrected chi connectivity index (χ0v) is 44.2. The normalized spacial score (nSPS) is 14.2. The highest BCUT2D eigenvalue weighted by Gasteiger charge is 2.53. The van der Waals surface area contributed by atoms with E-state index in [1.165, 1.54) is 11.1 Å². The molecule has 12 aromatic rings. The van der Waals surface area contributed by atoms with E-state index < -0.39 is 28.9 Å². The van der Waals surface area contributed by atoms with Crippen molar-refractivity contribution in [2.45, 2.75) is 50.9 Å². The minimum atomic E-state index is -4.54. The molecular formula is C68H46F6N2S2. The Morgan fingerprint density at radius 2 is 0.692 bits per heavy atom. The molecule has 0 unspecified atom stereocenters. The Labute approximate surface area is 454 Å². The van der Waals surface area contributed by atoms with Crippen LogP contribution >= 0.6 is 22.7 Å². The summed E-state index contributed by atoms with van der Waals surface area (Å²) in [6.45, 7) is 8.74. The number of benzene rings is 10.